The SMILES string of the molecule is CCc1c(-c2ccc(Br)o2)noc1N. The second kappa shape index (κ2) is 3.49. The molecule has 0 radical (unpaired) electrons. The van der Waals surface area contributed by atoms with Crippen molar-refractivity contribution in [3.63, 3.8) is 0 Å². The fraction of sp³-hybridized carbons (Fsp3) is 0.222. The first-order valence-electron chi connectivity index (χ1n) is 4.22. The van der Waals surface area contributed by atoms with Crippen molar-refractivity contribution < 1.29 is 8.94 Å². The Hall–Kier alpha value is -1.23. The number of nitrogens with two attached hydrogens (primary N) is 1. The zero-order valence-corrected chi connectivity index (χ0v) is 9.17. The normalized spacial score (nSPS) is 10.7. The van der Waals surface area contributed by atoms with Gasteiger partial charge in [0.1, 0.15) is 0 Å². The van der Waals surface area contributed by atoms with E-state index in [4.69, 9.17) is 14.7 Å². The average molecular weight is 257 g/mol. The quantitative estimate of drug-likeness (QED) is 0.898. The van der Waals surface area contributed by atoms with Gasteiger partial charge in [-0.25, -0.2) is 0 Å². The molecule has 0 saturated heterocycles. The molecule has 0 spiro atoms. The average Bonchev–Trinajstić information content (AvgIpc) is 2.71. The maximum Gasteiger partial charge on any atom is 0.226 e. The molecule has 0 aliphatic heterocycles. The van der Waals surface area contributed by atoms with E-state index in [1.54, 1.807) is 6.07 Å². The Morgan fingerprint density at radius 2 is 2.29 bits per heavy atom. The van der Waals surface area contributed by atoms with E-state index in [1.807, 2.05) is 13.0 Å². The summed E-state index contributed by atoms with van der Waals surface area (Å²) in [6.07, 6.45) is 0.767. The second-order valence-electron chi connectivity index (χ2n) is 2.83. The summed E-state index contributed by atoms with van der Waals surface area (Å²) in [4.78, 5) is 0. The lowest BCUT2D eigenvalue weighted by Gasteiger charge is -1.93. The third-order valence-corrected chi connectivity index (χ3v) is 2.40. The number of hydrogen-bond donors (Lipinski definition) is 1. The van der Waals surface area contributed by atoms with Crippen LogP contribution >= 0.6 is 15.9 Å². The van der Waals surface area contributed by atoms with E-state index >= 15 is 0 Å². The molecule has 2 heterocycles. The fourth-order valence-electron chi connectivity index (χ4n) is 1.30. The van der Waals surface area contributed by atoms with E-state index < -0.39 is 0 Å². The molecule has 2 N–H and O–H groups in total. The molecule has 5 heteroatoms. The van der Waals surface area contributed by atoms with E-state index in [0.717, 1.165) is 12.0 Å². The Balaban J connectivity index is 2.51. The molecule has 0 amide bonds. The zero-order chi connectivity index (χ0) is 10.1. The number of anilines is 1. The number of hydrogen-bond acceptors (Lipinski definition) is 4. The van der Waals surface area contributed by atoms with Crippen LogP contribution in [0, 0.1) is 0 Å². The molecule has 0 saturated carbocycles. The van der Waals surface area contributed by atoms with Crippen molar-refractivity contribution in [3.8, 4) is 11.5 Å². The third kappa shape index (κ3) is 1.43. The van der Waals surface area contributed by atoms with E-state index in [-0.39, 0.29) is 0 Å². The van der Waals surface area contributed by atoms with Gasteiger partial charge in [-0.2, -0.15) is 0 Å². The number of nitrogens with zero attached hydrogens (tertiary/aromatic N) is 1. The van der Waals surface area contributed by atoms with Crippen LogP contribution in [0.25, 0.3) is 11.5 Å². The molecule has 0 aromatic carbocycles. The molecule has 0 atom stereocenters. The van der Waals surface area contributed by atoms with Crippen molar-refractivity contribution in [2.24, 2.45) is 0 Å². The molecule has 0 aliphatic carbocycles. The Labute approximate surface area is 89.2 Å². The van der Waals surface area contributed by atoms with Gasteiger partial charge >= 0.3 is 0 Å². The molecule has 0 bridgehead atoms. The van der Waals surface area contributed by atoms with Crippen LogP contribution in [0.1, 0.15) is 12.5 Å². The first-order valence-corrected chi connectivity index (χ1v) is 5.01. The predicted molar refractivity (Wildman–Crippen MR) is 55.7 cm³/mol. The van der Waals surface area contributed by atoms with Gasteiger partial charge in [0.05, 0.1) is 0 Å². The van der Waals surface area contributed by atoms with Crippen molar-refractivity contribution in [3.05, 3.63) is 22.4 Å². The standard InChI is InChI=1S/C9H9BrN2O2/c1-2-5-8(12-14-9(5)11)6-3-4-7(10)13-6/h3-4H,2,11H2,1H3. The summed E-state index contributed by atoms with van der Waals surface area (Å²) >= 11 is 3.23. The van der Waals surface area contributed by atoms with Gasteiger partial charge in [-0.1, -0.05) is 12.1 Å². The van der Waals surface area contributed by atoms with Crippen LogP contribution in [0.2, 0.25) is 0 Å². The largest absolute Gasteiger partial charge is 0.448 e. The number of nitrogen functional groups attached to an aromatic ring is 1. The smallest absolute Gasteiger partial charge is 0.226 e. The molecule has 0 aliphatic rings. The summed E-state index contributed by atoms with van der Waals surface area (Å²) in [5.41, 5.74) is 7.17. The van der Waals surface area contributed by atoms with Gasteiger partial charge in [0, 0.05) is 5.56 Å². The lowest BCUT2D eigenvalue weighted by molar-refractivity contribution is 0.434. The van der Waals surface area contributed by atoms with E-state index in [2.05, 4.69) is 21.1 Å². The zero-order valence-electron chi connectivity index (χ0n) is 7.58. The van der Waals surface area contributed by atoms with Crippen LogP contribution in [0.5, 0.6) is 0 Å². The minimum Gasteiger partial charge on any atom is -0.448 e. The van der Waals surface area contributed by atoms with Gasteiger partial charge in [-0.15, -0.1) is 0 Å². The summed E-state index contributed by atoms with van der Waals surface area (Å²) in [5.74, 6) is 1.02. The maximum absolute atomic E-state index is 5.61. The van der Waals surface area contributed by atoms with Crippen molar-refractivity contribution in [1.82, 2.24) is 5.16 Å². The van der Waals surface area contributed by atoms with Crippen LogP contribution in [0.15, 0.2) is 25.7 Å². The number of rotatable bonds is 2. The summed E-state index contributed by atoms with van der Waals surface area (Å²) in [7, 11) is 0. The number of halogens is 1. The van der Waals surface area contributed by atoms with E-state index in [0.29, 0.717) is 22.0 Å². The summed E-state index contributed by atoms with van der Waals surface area (Å²) in [6, 6.07) is 3.63. The number of aromatic nitrogens is 1. The van der Waals surface area contributed by atoms with Crippen molar-refractivity contribution >= 4 is 21.8 Å². The Morgan fingerprint density at radius 3 is 2.86 bits per heavy atom. The van der Waals surface area contributed by atoms with Crippen LogP contribution in [-0.4, -0.2) is 5.16 Å². The minimum absolute atomic E-state index is 0.357. The van der Waals surface area contributed by atoms with E-state index in [1.165, 1.54) is 0 Å². The van der Waals surface area contributed by atoms with Gasteiger partial charge < -0.3 is 14.7 Å². The molecule has 14 heavy (non-hydrogen) atoms. The highest BCUT2D eigenvalue weighted by Crippen LogP contribution is 2.30. The Kier molecular flexibility index (Phi) is 2.33. The number of furan rings is 1. The molecular weight excluding hydrogens is 248 g/mol. The molecular formula is C9H9BrN2O2. The molecule has 2 aromatic rings. The summed E-state index contributed by atoms with van der Waals surface area (Å²) in [5, 5.41) is 3.86. The van der Waals surface area contributed by atoms with Gasteiger partial charge in [0.2, 0.25) is 5.88 Å². The van der Waals surface area contributed by atoms with Crippen LogP contribution in [-0.2, 0) is 6.42 Å². The topological polar surface area (TPSA) is 65.2 Å². The lowest BCUT2D eigenvalue weighted by atomic mass is 10.1. The van der Waals surface area contributed by atoms with Crippen LogP contribution < -0.4 is 5.73 Å². The van der Waals surface area contributed by atoms with Crippen LogP contribution in [0.4, 0.5) is 5.88 Å². The molecule has 0 fully saturated rings. The summed E-state index contributed by atoms with van der Waals surface area (Å²) in [6.45, 7) is 1.99. The molecule has 4 nitrogen and oxygen atoms in total. The minimum atomic E-state index is 0.357. The Morgan fingerprint density at radius 1 is 1.50 bits per heavy atom. The highest BCUT2D eigenvalue weighted by molar-refractivity contribution is 9.10. The van der Waals surface area contributed by atoms with Crippen molar-refractivity contribution in [2.45, 2.75) is 13.3 Å². The molecule has 74 valence electrons. The molecule has 0 unspecified atom stereocenters. The van der Waals surface area contributed by atoms with Gasteiger partial charge in [-0.05, 0) is 34.5 Å². The van der Waals surface area contributed by atoms with Crippen molar-refractivity contribution in [2.75, 3.05) is 5.73 Å². The van der Waals surface area contributed by atoms with Gasteiger partial charge in [0.15, 0.2) is 16.1 Å². The van der Waals surface area contributed by atoms with E-state index in [9.17, 15) is 0 Å². The van der Waals surface area contributed by atoms with Crippen molar-refractivity contribution in [1.29, 1.82) is 0 Å². The lowest BCUT2D eigenvalue weighted by Crippen LogP contribution is -1.88. The summed E-state index contributed by atoms with van der Waals surface area (Å²) < 4.78 is 10.9. The highest BCUT2D eigenvalue weighted by Gasteiger charge is 2.16. The van der Waals surface area contributed by atoms with Crippen LogP contribution in [0.3, 0.4) is 0 Å². The predicted octanol–water partition coefficient (Wildman–Crippen LogP) is 2.84. The fourth-order valence-corrected chi connectivity index (χ4v) is 1.61. The molecule has 2 rings (SSSR count). The third-order valence-electron chi connectivity index (χ3n) is 1.98. The Bertz CT molecular complexity index is 447. The highest BCUT2D eigenvalue weighted by atomic mass is 79.9. The van der Waals surface area contributed by atoms with Gasteiger partial charge in [0.25, 0.3) is 0 Å². The first-order chi connectivity index (χ1) is 6.72. The monoisotopic (exact) mass is 256 g/mol. The maximum atomic E-state index is 5.61. The molecule has 2 aromatic heterocycles. The second-order valence-corrected chi connectivity index (χ2v) is 3.61. The first kappa shape index (κ1) is 9.33. The van der Waals surface area contributed by atoms with Gasteiger partial charge in [-0.3, -0.25) is 0 Å².